The van der Waals surface area contributed by atoms with Gasteiger partial charge in [-0.05, 0) is 45.4 Å². The van der Waals surface area contributed by atoms with Gasteiger partial charge in [-0.2, -0.15) is 0 Å². The first kappa shape index (κ1) is 14.9. The number of esters is 1. The van der Waals surface area contributed by atoms with E-state index in [2.05, 4.69) is 10.3 Å². The third kappa shape index (κ3) is 3.11. The van der Waals surface area contributed by atoms with Crippen LogP contribution >= 0.6 is 11.8 Å². The van der Waals surface area contributed by atoms with Gasteiger partial charge in [0.15, 0.2) is 0 Å². The number of hydrogen-bond donors (Lipinski definition) is 1. The molecule has 5 nitrogen and oxygen atoms in total. The van der Waals surface area contributed by atoms with E-state index in [1.54, 1.807) is 0 Å². The second-order valence-corrected chi connectivity index (χ2v) is 6.99. The lowest BCUT2D eigenvalue weighted by molar-refractivity contribution is -0.148. The summed E-state index contributed by atoms with van der Waals surface area (Å²) in [4.78, 5) is 16.8. The van der Waals surface area contributed by atoms with Crippen molar-refractivity contribution in [1.29, 1.82) is 0 Å². The normalized spacial score (nSPS) is 21.1. The molecule has 116 valence electrons. The summed E-state index contributed by atoms with van der Waals surface area (Å²) in [6, 6.07) is 0.457. The molecule has 1 unspecified atom stereocenters. The van der Waals surface area contributed by atoms with Gasteiger partial charge >= 0.3 is 5.97 Å². The van der Waals surface area contributed by atoms with Crippen LogP contribution in [0.15, 0.2) is 9.64 Å². The van der Waals surface area contributed by atoms with Crippen molar-refractivity contribution in [2.45, 2.75) is 56.3 Å². The van der Waals surface area contributed by atoms with E-state index < -0.39 is 5.54 Å². The maximum absolute atomic E-state index is 12.4. The van der Waals surface area contributed by atoms with Gasteiger partial charge in [-0.3, -0.25) is 10.1 Å². The van der Waals surface area contributed by atoms with Crippen LogP contribution in [0.25, 0.3) is 0 Å². The molecular formula is C15H22N2O3S. The van der Waals surface area contributed by atoms with E-state index in [-0.39, 0.29) is 5.97 Å². The van der Waals surface area contributed by atoms with Gasteiger partial charge in [-0.25, -0.2) is 4.98 Å². The van der Waals surface area contributed by atoms with E-state index in [9.17, 15) is 4.79 Å². The molecule has 0 amide bonds. The molecular weight excluding hydrogens is 288 g/mol. The minimum atomic E-state index is -0.586. The van der Waals surface area contributed by atoms with Crippen molar-refractivity contribution >= 4 is 17.7 Å². The number of carbonyl (C=O) groups is 1. The first-order chi connectivity index (χ1) is 10.0. The second kappa shape index (κ2) is 5.65. The maximum atomic E-state index is 12.4. The van der Waals surface area contributed by atoms with Crippen molar-refractivity contribution in [2.24, 2.45) is 5.92 Å². The molecule has 1 aromatic heterocycles. The van der Waals surface area contributed by atoms with Gasteiger partial charge in [0.25, 0.3) is 5.22 Å². The zero-order chi connectivity index (χ0) is 15.0. The molecule has 21 heavy (non-hydrogen) atoms. The molecule has 0 radical (unpaired) electrons. The number of thioether (sulfide) groups is 1. The van der Waals surface area contributed by atoms with Crippen LogP contribution in [0.4, 0.5) is 0 Å². The molecule has 0 spiro atoms. The summed E-state index contributed by atoms with van der Waals surface area (Å²) < 4.78 is 10.7. The molecule has 0 bridgehead atoms. The van der Waals surface area contributed by atoms with Crippen molar-refractivity contribution in [1.82, 2.24) is 10.3 Å². The first-order valence-corrected chi connectivity index (χ1v) is 8.46. The van der Waals surface area contributed by atoms with Crippen molar-refractivity contribution in [3.8, 4) is 0 Å². The van der Waals surface area contributed by atoms with E-state index in [1.807, 2.05) is 13.8 Å². The van der Waals surface area contributed by atoms with E-state index >= 15 is 0 Å². The van der Waals surface area contributed by atoms with Gasteiger partial charge < -0.3 is 9.15 Å². The van der Waals surface area contributed by atoms with Gasteiger partial charge in [0.1, 0.15) is 11.3 Å². The Morgan fingerprint density at radius 1 is 1.43 bits per heavy atom. The lowest BCUT2D eigenvalue weighted by Crippen LogP contribution is -2.57. The lowest BCUT2D eigenvalue weighted by atomic mass is 9.95. The fraction of sp³-hybridized carbons (Fsp3) is 0.733. The van der Waals surface area contributed by atoms with Crippen molar-refractivity contribution in [3.63, 3.8) is 0 Å². The Morgan fingerprint density at radius 3 is 2.62 bits per heavy atom. The van der Waals surface area contributed by atoms with Crippen LogP contribution in [0.1, 0.15) is 37.1 Å². The average molecular weight is 310 g/mol. The number of hydrogen-bond acceptors (Lipinski definition) is 6. The Balaban J connectivity index is 1.75. The van der Waals surface area contributed by atoms with Crippen molar-refractivity contribution in [2.75, 3.05) is 12.9 Å². The van der Waals surface area contributed by atoms with Gasteiger partial charge in [0.2, 0.25) is 0 Å². The van der Waals surface area contributed by atoms with Crippen molar-refractivity contribution < 1.29 is 13.9 Å². The average Bonchev–Trinajstić information content (AvgIpc) is 3.35. The number of nitrogens with one attached hydrogen (secondary N) is 1. The molecule has 1 atom stereocenters. The molecule has 1 N–H and O–H groups in total. The Labute approximate surface area is 129 Å². The highest BCUT2D eigenvalue weighted by Gasteiger charge is 2.54. The van der Waals surface area contributed by atoms with E-state index in [0.29, 0.717) is 22.9 Å². The molecule has 3 rings (SSSR count). The maximum Gasteiger partial charge on any atom is 0.327 e. The molecule has 2 aliphatic rings. The third-order valence-corrected chi connectivity index (χ3v) is 5.32. The number of aryl methyl sites for hydroxylation is 2. The highest BCUT2D eigenvalue weighted by Crippen LogP contribution is 2.44. The van der Waals surface area contributed by atoms with Gasteiger partial charge in [-0.15, -0.1) is 0 Å². The molecule has 1 aromatic rings. The highest BCUT2D eigenvalue weighted by atomic mass is 32.2. The fourth-order valence-electron chi connectivity index (χ4n) is 2.59. The molecule has 2 fully saturated rings. The molecule has 0 saturated heterocycles. The minimum Gasteiger partial charge on any atom is -0.468 e. The van der Waals surface area contributed by atoms with E-state index in [1.165, 1.54) is 18.9 Å². The Hall–Kier alpha value is -1.01. The van der Waals surface area contributed by atoms with Crippen LogP contribution in [0.2, 0.25) is 0 Å². The zero-order valence-corrected chi connectivity index (χ0v) is 13.6. The van der Waals surface area contributed by atoms with Crippen LogP contribution < -0.4 is 5.32 Å². The highest BCUT2D eigenvalue weighted by molar-refractivity contribution is 7.99. The Morgan fingerprint density at radius 2 is 2.14 bits per heavy atom. The smallest absolute Gasteiger partial charge is 0.327 e. The summed E-state index contributed by atoms with van der Waals surface area (Å²) in [5.41, 5.74) is 0.319. The van der Waals surface area contributed by atoms with Crippen LogP contribution in [0, 0.1) is 19.8 Å². The topological polar surface area (TPSA) is 64.4 Å². The number of oxazole rings is 1. The van der Waals surface area contributed by atoms with E-state index in [0.717, 1.165) is 37.1 Å². The summed E-state index contributed by atoms with van der Waals surface area (Å²) in [5.74, 6) is 1.67. The molecule has 0 aromatic carbocycles. The number of methoxy groups -OCH3 is 1. The number of carbonyl (C=O) groups excluding carboxylic acids is 1. The zero-order valence-electron chi connectivity index (χ0n) is 12.8. The van der Waals surface area contributed by atoms with Gasteiger partial charge in [0.05, 0.1) is 12.8 Å². The summed E-state index contributed by atoms with van der Waals surface area (Å²) in [6.45, 7) is 3.84. The number of aromatic nitrogens is 1. The standard InChI is InChI=1S/C15H22N2O3S/c1-9-10(2)20-14(16-9)21-8-15(11-4-5-11,13(18)19-3)17-12-6-7-12/h11-12,17H,4-8H2,1-3H3. The predicted octanol–water partition coefficient (Wildman–Crippen LogP) is 2.46. The number of nitrogens with zero attached hydrogens (tertiary/aromatic N) is 1. The minimum absolute atomic E-state index is 0.149. The molecule has 2 aliphatic carbocycles. The Kier molecular flexibility index (Phi) is 4.01. The summed E-state index contributed by atoms with van der Waals surface area (Å²) in [6.07, 6.45) is 4.46. The first-order valence-electron chi connectivity index (χ1n) is 7.48. The van der Waals surface area contributed by atoms with Crippen LogP contribution in [0.5, 0.6) is 0 Å². The van der Waals surface area contributed by atoms with Gasteiger partial charge in [-0.1, -0.05) is 11.8 Å². The second-order valence-electron chi connectivity index (χ2n) is 6.07. The van der Waals surface area contributed by atoms with Crippen LogP contribution in [-0.4, -0.2) is 35.4 Å². The monoisotopic (exact) mass is 310 g/mol. The fourth-order valence-corrected chi connectivity index (χ4v) is 3.77. The Bertz CT molecular complexity index is 518. The largest absolute Gasteiger partial charge is 0.468 e. The molecule has 2 saturated carbocycles. The summed E-state index contributed by atoms with van der Waals surface area (Å²) in [7, 11) is 1.47. The van der Waals surface area contributed by atoms with Crippen molar-refractivity contribution in [3.05, 3.63) is 11.5 Å². The molecule has 6 heteroatoms. The predicted molar refractivity (Wildman–Crippen MR) is 80.3 cm³/mol. The van der Waals surface area contributed by atoms with Crippen LogP contribution in [0.3, 0.4) is 0 Å². The quantitative estimate of drug-likeness (QED) is 0.616. The molecule has 1 heterocycles. The van der Waals surface area contributed by atoms with E-state index in [4.69, 9.17) is 9.15 Å². The summed E-state index contributed by atoms with van der Waals surface area (Å²) in [5, 5.41) is 4.18. The van der Waals surface area contributed by atoms with Gasteiger partial charge in [0, 0.05) is 11.8 Å². The number of rotatable bonds is 7. The lowest BCUT2D eigenvalue weighted by Gasteiger charge is -2.31. The van der Waals surface area contributed by atoms with Crippen LogP contribution in [-0.2, 0) is 9.53 Å². The number of ether oxygens (including phenoxy) is 1. The molecule has 0 aliphatic heterocycles. The SMILES string of the molecule is COC(=O)C(CSc1nc(C)c(C)o1)(NC1CC1)C1CC1. The third-order valence-electron chi connectivity index (χ3n) is 4.30. The summed E-state index contributed by atoms with van der Waals surface area (Å²) >= 11 is 1.50.